The Morgan fingerprint density at radius 2 is 1.03 bits per heavy atom. The number of hydrogen-bond donors (Lipinski definition) is 0. The van der Waals surface area contributed by atoms with Crippen LogP contribution in [-0.4, -0.2) is 32.3 Å². The van der Waals surface area contributed by atoms with Gasteiger partial charge in [0.25, 0.3) is 0 Å². The molecular weight excluding hydrogens is 625 g/mol. The number of allylic oxidation sites excluding steroid dienone is 2. The minimum absolute atomic E-state index is 0. The van der Waals surface area contributed by atoms with E-state index in [9.17, 15) is 0 Å². The standard InChI is InChI=1S/C25H28Cl4N4.HI/c1-5-30-20-12-16(26)17(27)13-21(20)31(6-2)24(30)10-9-11-25-32(7-3)22-14-18(28)19(29)15-23(22)33(25)8-4;/h9-15,24H,5-8H2,1-4H3;1H. The van der Waals surface area contributed by atoms with E-state index in [0.717, 1.165) is 54.7 Å². The number of fused-ring (bicyclic) bond motifs is 2. The third-order valence-electron chi connectivity index (χ3n) is 6.27. The van der Waals surface area contributed by atoms with Crippen LogP contribution in [-0.2, 0) is 0 Å². The van der Waals surface area contributed by atoms with E-state index >= 15 is 0 Å². The molecule has 2 heterocycles. The zero-order valence-electron chi connectivity index (χ0n) is 19.7. The van der Waals surface area contributed by atoms with Gasteiger partial charge in [0.05, 0.1) is 42.8 Å². The van der Waals surface area contributed by atoms with E-state index < -0.39 is 0 Å². The number of nitrogens with zero attached hydrogens (tertiary/aromatic N) is 4. The Bertz CT molecular complexity index is 1040. The van der Waals surface area contributed by atoms with Crippen LogP contribution in [0.4, 0.5) is 22.7 Å². The van der Waals surface area contributed by atoms with Crippen LogP contribution in [0.5, 0.6) is 0 Å². The molecule has 0 atom stereocenters. The van der Waals surface area contributed by atoms with Crippen molar-refractivity contribution in [2.75, 3.05) is 45.8 Å². The Balaban J connectivity index is 0.00000324. The molecule has 0 bridgehead atoms. The lowest BCUT2D eigenvalue weighted by atomic mass is 10.2. The van der Waals surface area contributed by atoms with Crippen LogP contribution in [0.15, 0.2) is 48.3 Å². The maximum atomic E-state index is 6.34. The van der Waals surface area contributed by atoms with Crippen LogP contribution in [0, 0.1) is 0 Å². The van der Waals surface area contributed by atoms with E-state index in [1.54, 1.807) is 0 Å². The minimum Gasteiger partial charge on any atom is -0.346 e. The van der Waals surface area contributed by atoms with E-state index in [-0.39, 0.29) is 30.1 Å². The van der Waals surface area contributed by atoms with Gasteiger partial charge in [0.2, 0.25) is 0 Å². The molecule has 0 aromatic heterocycles. The Hall–Kier alpha value is -0.990. The molecule has 0 radical (unpaired) electrons. The number of anilines is 4. The molecule has 0 saturated heterocycles. The number of halogens is 5. The van der Waals surface area contributed by atoms with Crippen molar-refractivity contribution in [1.82, 2.24) is 0 Å². The van der Waals surface area contributed by atoms with Gasteiger partial charge in [-0.25, -0.2) is 0 Å². The second-order valence-corrected chi connectivity index (χ2v) is 9.52. The van der Waals surface area contributed by atoms with Crippen LogP contribution < -0.4 is 19.6 Å². The highest BCUT2D eigenvalue weighted by atomic mass is 127. The van der Waals surface area contributed by atoms with Crippen molar-refractivity contribution in [3.8, 4) is 0 Å². The fraction of sp³-hybridized carbons (Fsp3) is 0.360. The zero-order chi connectivity index (χ0) is 23.9. The molecule has 4 nitrogen and oxygen atoms in total. The number of benzene rings is 2. The molecule has 0 N–H and O–H groups in total. The Morgan fingerprint density at radius 1 is 0.647 bits per heavy atom. The van der Waals surface area contributed by atoms with E-state index in [0.29, 0.717) is 20.1 Å². The maximum absolute atomic E-state index is 6.34. The van der Waals surface area contributed by atoms with Crippen molar-refractivity contribution in [3.63, 3.8) is 0 Å². The summed E-state index contributed by atoms with van der Waals surface area (Å²) < 4.78 is 0. The average molecular weight is 654 g/mol. The smallest absolute Gasteiger partial charge is 0.121 e. The summed E-state index contributed by atoms with van der Waals surface area (Å²) in [5, 5.41) is 2.30. The SMILES string of the molecule is CCN1C(=CC=CC2N(CC)c3cc(Cl)c(Cl)cc3N2CC)N(CC)c2cc(Cl)c(Cl)cc21.I. The zero-order valence-corrected chi connectivity index (χ0v) is 25.0. The van der Waals surface area contributed by atoms with Gasteiger partial charge in [-0.05, 0) is 64.1 Å². The number of likely N-dealkylation sites (N-methyl/N-ethyl adjacent to an activating group) is 2. The molecule has 0 spiro atoms. The molecule has 4 rings (SSSR count). The minimum atomic E-state index is 0. The summed E-state index contributed by atoms with van der Waals surface area (Å²) in [6.45, 7) is 12.0. The Kier molecular flexibility index (Phi) is 9.24. The van der Waals surface area contributed by atoms with Crippen molar-refractivity contribution in [2.24, 2.45) is 0 Å². The first-order valence-corrected chi connectivity index (χ1v) is 12.8. The van der Waals surface area contributed by atoms with Gasteiger partial charge in [-0.15, -0.1) is 24.0 Å². The highest BCUT2D eigenvalue weighted by Crippen LogP contribution is 2.46. The first-order valence-electron chi connectivity index (χ1n) is 11.3. The van der Waals surface area contributed by atoms with Crippen molar-refractivity contribution in [3.05, 3.63) is 68.4 Å². The lowest BCUT2D eigenvalue weighted by molar-refractivity contribution is 0.694. The lowest BCUT2D eigenvalue weighted by Gasteiger charge is -2.29. The second-order valence-electron chi connectivity index (χ2n) is 7.89. The number of hydrogen-bond acceptors (Lipinski definition) is 4. The quantitative estimate of drug-likeness (QED) is 0.289. The fourth-order valence-electron chi connectivity index (χ4n) is 4.80. The summed E-state index contributed by atoms with van der Waals surface area (Å²) in [6, 6.07) is 7.84. The Labute approximate surface area is 239 Å². The van der Waals surface area contributed by atoms with Crippen LogP contribution >= 0.6 is 70.4 Å². The normalized spacial score (nSPS) is 15.4. The summed E-state index contributed by atoms with van der Waals surface area (Å²) in [7, 11) is 0. The van der Waals surface area contributed by atoms with Crippen LogP contribution in [0.3, 0.4) is 0 Å². The van der Waals surface area contributed by atoms with E-state index in [1.165, 1.54) is 0 Å². The molecule has 2 aliphatic heterocycles. The molecule has 0 amide bonds. The highest BCUT2D eigenvalue weighted by Gasteiger charge is 2.34. The van der Waals surface area contributed by atoms with Crippen molar-refractivity contribution >= 4 is 93.1 Å². The molecule has 2 aromatic carbocycles. The van der Waals surface area contributed by atoms with E-state index in [2.05, 4.69) is 65.5 Å². The third kappa shape index (κ3) is 4.71. The molecule has 2 aliphatic rings. The Morgan fingerprint density at radius 3 is 1.38 bits per heavy atom. The van der Waals surface area contributed by atoms with Crippen molar-refractivity contribution in [1.29, 1.82) is 0 Å². The molecular formula is C25H29Cl4IN4. The van der Waals surface area contributed by atoms with Gasteiger partial charge < -0.3 is 19.6 Å². The van der Waals surface area contributed by atoms with Crippen LogP contribution in [0.25, 0.3) is 0 Å². The molecule has 9 heteroatoms. The largest absolute Gasteiger partial charge is 0.346 e. The van der Waals surface area contributed by atoms with Crippen molar-refractivity contribution in [2.45, 2.75) is 33.9 Å². The summed E-state index contributed by atoms with van der Waals surface area (Å²) in [5.41, 5.74) is 4.38. The highest BCUT2D eigenvalue weighted by molar-refractivity contribution is 14.0. The van der Waals surface area contributed by atoms with Gasteiger partial charge in [0.15, 0.2) is 0 Å². The van der Waals surface area contributed by atoms with Gasteiger partial charge in [-0.2, -0.15) is 0 Å². The maximum Gasteiger partial charge on any atom is 0.121 e. The predicted octanol–water partition coefficient (Wildman–Crippen LogP) is 8.67. The van der Waals surface area contributed by atoms with Gasteiger partial charge in [-0.1, -0.05) is 52.5 Å². The fourth-order valence-corrected chi connectivity index (χ4v) is 5.43. The summed E-state index contributed by atoms with van der Waals surface area (Å²) in [5.74, 6) is 1.11. The van der Waals surface area contributed by atoms with Crippen LogP contribution in [0.2, 0.25) is 20.1 Å². The third-order valence-corrected chi connectivity index (χ3v) is 7.71. The summed E-state index contributed by atoms with van der Waals surface area (Å²) in [4.78, 5) is 9.22. The van der Waals surface area contributed by atoms with E-state index in [4.69, 9.17) is 46.4 Å². The second kappa shape index (κ2) is 11.4. The number of rotatable bonds is 6. The van der Waals surface area contributed by atoms with Crippen LogP contribution in [0.1, 0.15) is 27.7 Å². The van der Waals surface area contributed by atoms with Gasteiger partial charge in [0, 0.05) is 26.2 Å². The molecule has 0 fully saturated rings. The topological polar surface area (TPSA) is 13.0 Å². The molecule has 34 heavy (non-hydrogen) atoms. The predicted molar refractivity (Wildman–Crippen MR) is 161 cm³/mol. The molecule has 184 valence electrons. The summed E-state index contributed by atoms with van der Waals surface area (Å²) in [6.07, 6.45) is 6.62. The first-order chi connectivity index (χ1) is 15.9. The first kappa shape index (κ1) is 27.6. The molecule has 0 unspecified atom stereocenters. The lowest BCUT2D eigenvalue weighted by Crippen LogP contribution is -2.41. The molecule has 2 aromatic rings. The van der Waals surface area contributed by atoms with Gasteiger partial charge in [0.1, 0.15) is 12.0 Å². The van der Waals surface area contributed by atoms with Gasteiger partial charge >= 0.3 is 0 Å². The molecule has 0 saturated carbocycles. The monoisotopic (exact) mass is 652 g/mol. The molecule has 0 aliphatic carbocycles. The van der Waals surface area contributed by atoms with Gasteiger partial charge in [-0.3, -0.25) is 0 Å². The summed E-state index contributed by atoms with van der Waals surface area (Å²) >= 11 is 25.3. The average Bonchev–Trinajstić information content (AvgIpc) is 3.24. The van der Waals surface area contributed by atoms with Crippen molar-refractivity contribution < 1.29 is 0 Å². The van der Waals surface area contributed by atoms with E-state index in [1.807, 2.05) is 24.3 Å².